The molecular formula is C23H16I2N4O5. The number of nitrogens with one attached hydrogen (secondary N) is 2. The lowest BCUT2D eigenvalue weighted by Gasteiger charge is -2.09. The van der Waals surface area contributed by atoms with Crippen LogP contribution >= 0.6 is 45.2 Å². The SMILES string of the molecule is O=C(N/N=C/c1cc(I)c(O)c(I)c1)/C(=C/c1ccc([N+](=O)[O-])cc1)NC(=O)c1ccccc1. The zero-order chi connectivity index (χ0) is 24.7. The molecule has 0 unspecified atom stereocenters. The quantitative estimate of drug-likeness (QED) is 0.112. The Morgan fingerprint density at radius 3 is 2.18 bits per heavy atom. The maximum Gasteiger partial charge on any atom is 0.287 e. The van der Waals surface area contributed by atoms with Gasteiger partial charge in [0.05, 0.1) is 18.3 Å². The lowest BCUT2D eigenvalue weighted by Crippen LogP contribution is -2.32. The first-order valence-electron chi connectivity index (χ1n) is 9.58. The number of hydrazone groups is 1. The molecule has 0 saturated heterocycles. The van der Waals surface area contributed by atoms with Gasteiger partial charge in [0, 0.05) is 17.7 Å². The molecule has 11 heteroatoms. The van der Waals surface area contributed by atoms with Crippen molar-refractivity contribution in [2.75, 3.05) is 0 Å². The molecule has 34 heavy (non-hydrogen) atoms. The molecule has 0 radical (unpaired) electrons. The molecule has 0 bridgehead atoms. The van der Waals surface area contributed by atoms with Gasteiger partial charge in [0.15, 0.2) is 0 Å². The zero-order valence-electron chi connectivity index (χ0n) is 17.2. The van der Waals surface area contributed by atoms with Crippen LogP contribution < -0.4 is 10.7 Å². The molecule has 3 rings (SSSR count). The Bertz CT molecular complexity index is 1270. The Hall–Kier alpha value is -3.33. The molecule has 2 amide bonds. The maximum absolute atomic E-state index is 12.8. The number of nitro benzene ring substituents is 1. The smallest absolute Gasteiger partial charge is 0.287 e. The molecule has 172 valence electrons. The average Bonchev–Trinajstić information content (AvgIpc) is 2.82. The van der Waals surface area contributed by atoms with Crippen molar-refractivity contribution in [1.82, 2.24) is 10.7 Å². The maximum atomic E-state index is 12.8. The molecule has 0 fully saturated rings. The highest BCUT2D eigenvalue weighted by molar-refractivity contribution is 14.1. The molecule has 9 nitrogen and oxygen atoms in total. The minimum absolute atomic E-state index is 0.0979. The summed E-state index contributed by atoms with van der Waals surface area (Å²) in [4.78, 5) is 35.8. The fraction of sp³-hybridized carbons (Fsp3) is 0. The van der Waals surface area contributed by atoms with Crippen molar-refractivity contribution in [3.05, 3.63) is 106 Å². The summed E-state index contributed by atoms with van der Waals surface area (Å²) < 4.78 is 1.26. The molecule has 0 spiro atoms. The normalized spacial score (nSPS) is 11.3. The van der Waals surface area contributed by atoms with Crippen LogP contribution in [0.25, 0.3) is 6.08 Å². The molecule has 0 aromatic heterocycles. The number of aromatic hydroxyl groups is 1. The van der Waals surface area contributed by atoms with E-state index < -0.39 is 16.7 Å². The van der Waals surface area contributed by atoms with Gasteiger partial charge in [0.25, 0.3) is 17.5 Å². The third kappa shape index (κ3) is 6.84. The van der Waals surface area contributed by atoms with Gasteiger partial charge in [0.2, 0.25) is 0 Å². The van der Waals surface area contributed by atoms with Crippen molar-refractivity contribution in [1.29, 1.82) is 0 Å². The van der Waals surface area contributed by atoms with E-state index in [2.05, 4.69) is 15.8 Å². The summed E-state index contributed by atoms with van der Waals surface area (Å²) in [6.07, 6.45) is 2.80. The minimum atomic E-state index is -0.693. The van der Waals surface area contributed by atoms with Crippen LogP contribution in [0.5, 0.6) is 5.75 Å². The number of rotatable bonds is 7. The Labute approximate surface area is 221 Å². The highest BCUT2D eigenvalue weighted by Gasteiger charge is 2.15. The van der Waals surface area contributed by atoms with Crippen LogP contribution in [0.2, 0.25) is 0 Å². The second-order valence-corrected chi connectivity index (χ2v) is 9.08. The number of phenols is 1. The Morgan fingerprint density at radius 1 is 0.971 bits per heavy atom. The number of nitro groups is 1. The van der Waals surface area contributed by atoms with Crippen molar-refractivity contribution in [2.24, 2.45) is 5.10 Å². The summed E-state index contributed by atoms with van der Waals surface area (Å²) in [5, 5.41) is 27.2. The van der Waals surface area contributed by atoms with E-state index in [4.69, 9.17) is 0 Å². The fourth-order valence-corrected chi connectivity index (χ4v) is 4.50. The van der Waals surface area contributed by atoms with Crippen molar-refractivity contribution < 1.29 is 19.6 Å². The van der Waals surface area contributed by atoms with Crippen molar-refractivity contribution in [3.8, 4) is 5.75 Å². The molecule has 0 aliphatic carbocycles. The monoisotopic (exact) mass is 682 g/mol. The minimum Gasteiger partial charge on any atom is -0.506 e. The summed E-state index contributed by atoms with van der Waals surface area (Å²) in [6.45, 7) is 0. The first kappa shape index (κ1) is 25.3. The number of amides is 2. The Balaban J connectivity index is 1.83. The summed E-state index contributed by atoms with van der Waals surface area (Å²) in [5.74, 6) is -1.03. The third-order valence-electron chi connectivity index (χ3n) is 4.36. The van der Waals surface area contributed by atoms with Crippen LogP contribution in [0.1, 0.15) is 21.5 Å². The van der Waals surface area contributed by atoms with Gasteiger partial charge >= 0.3 is 0 Å². The third-order valence-corrected chi connectivity index (χ3v) is 6.01. The standard InChI is InChI=1S/C23H16I2N4O5/c24-18-10-15(11-19(25)21(18)30)13-26-28-23(32)20(27-22(31)16-4-2-1-3-5-16)12-14-6-8-17(9-7-14)29(33)34/h1-13,30H,(H,27,31)(H,28,32)/b20-12-,26-13+. The van der Waals surface area contributed by atoms with Gasteiger partial charge in [-0.25, -0.2) is 5.43 Å². The number of non-ortho nitro benzene ring substituents is 1. The van der Waals surface area contributed by atoms with E-state index in [0.29, 0.717) is 23.8 Å². The second-order valence-electron chi connectivity index (χ2n) is 6.76. The number of carbonyl (C=O) groups is 2. The van der Waals surface area contributed by atoms with Gasteiger partial charge in [-0.05, 0) is 98.8 Å². The van der Waals surface area contributed by atoms with E-state index in [9.17, 15) is 24.8 Å². The van der Waals surface area contributed by atoms with Gasteiger partial charge in [-0.1, -0.05) is 18.2 Å². The van der Waals surface area contributed by atoms with Crippen LogP contribution in [0.3, 0.4) is 0 Å². The molecule has 0 aliphatic heterocycles. The van der Waals surface area contributed by atoms with E-state index in [1.54, 1.807) is 42.5 Å². The molecular weight excluding hydrogens is 666 g/mol. The number of halogens is 2. The highest BCUT2D eigenvalue weighted by atomic mass is 127. The van der Waals surface area contributed by atoms with Gasteiger partial charge in [-0.2, -0.15) is 5.10 Å². The predicted molar refractivity (Wildman–Crippen MR) is 144 cm³/mol. The molecule has 3 aromatic carbocycles. The first-order valence-corrected chi connectivity index (χ1v) is 11.7. The summed E-state index contributed by atoms with van der Waals surface area (Å²) >= 11 is 3.97. The topological polar surface area (TPSA) is 134 Å². The lowest BCUT2D eigenvalue weighted by atomic mass is 10.1. The first-order chi connectivity index (χ1) is 16.2. The number of hydrogen-bond acceptors (Lipinski definition) is 6. The van der Waals surface area contributed by atoms with E-state index >= 15 is 0 Å². The second kappa shape index (κ2) is 11.7. The van der Waals surface area contributed by atoms with Crippen molar-refractivity contribution >= 4 is 75.0 Å². The number of carbonyl (C=O) groups excluding carboxylic acids is 2. The average molecular weight is 682 g/mol. The zero-order valence-corrected chi connectivity index (χ0v) is 21.6. The number of nitrogens with zero attached hydrogens (tertiary/aromatic N) is 2. The van der Waals surface area contributed by atoms with Crippen LogP contribution in [0.15, 0.2) is 77.5 Å². The van der Waals surface area contributed by atoms with Gasteiger partial charge < -0.3 is 10.4 Å². The summed E-state index contributed by atoms with van der Waals surface area (Å²) in [6, 6.07) is 17.3. The van der Waals surface area contributed by atoms with E-state index in [1.807, 2.05) is 45.2 Å². The van der Waals surface area contributed by atoms with Crippen molar-refractivity contribution in [3.63, 3.8) is 0 Å². The number of hydrogen-bond donors (Lipinski definition) is 3. The van der Waals surface area contributed by atoms with Crippen LogP contribution in [-0.2, 0) is 4.79 Å². The number of phenolic OH excluding ortho intramolecular Hbond substituents is 1. The van der Waals surface area contributed by atoms with Crippen molar-refractivity contribution in [2.45, 2.75) is 0 Å². The van der Waals surface area contributed by atoms with Crippen LogP contribution in [0.4, 0.5) is 5.69 Å². The van der Waals surface area contributed by atoms with Gasteiger partial charge in [-0.3, -0.25) is 19.7 Å². The molecule has 3 N–H and O–H groups in total. The highest BCUT2D eigenvalue weighted by Crippen LogP contribution is 2.26. The summed E-state index contributed by atoms with van der Waals surface area (Å²) in [7, 11) is 0. The molecule has 3 aromatic rings. The number of benzene rings is 3. The Morgan fingerprint density at radius 2 is 1.59 bits per heavy atom. The Kier molecular flexibility index (Phi) is 8.70. The van der Waals surface area contributed by atoms with E-state index in [0.717, 1.165) is 0 Å². The molecule has 0 saturated carbocycles. The molecule has 0 aliphatic rings. The van der Waals surface area contributed by atoms with Crippen LogP contribution in [-0.4, -0.2) is 28.1 Å². The lowest BCUT2D eigenvalue weighted by molar-refractivity contribution is -0.384. The molecule has 0 heterocycles. The predicted octanol–water partition coefficient (Wildman–Crippen LogP) is 4.43. The van der Waals surface area contributed by atoms with Gasteiger partial charge in [0.1, 0.15) is 11.4 Å². The van der Waals surface area contributed by atoms with E-state index in [-0.39, 0.29) is 17.1 Å². The summed E-state index contributed by atoms with van der Waals surface area (Å²) in [5.41, 5.74) is 3.63. The van der Waals surface area contributed by atoms with Crippen LogP contribution in [0, 0.1) is 17.3 Å². The largest absolute Gasteiger partial charge is 0.506 e. The van der Waals surface area contributed by atoms with Gasteiger partial charge in [-0.15, -0.1) is 0 Å². The van der Waals surface area contributed by atoms with E-state index in [1.165, 1.54) is 36.6 Å². The fourth-order valence-electron chi connectivity index (χ4n) is 2.69. The molecule has 0 atom stereocenters.